The van der Waals surface area contributed by atoms with E-state index in [0.717, 1.165) is 30.6 Å². The summed E-state index contributed by atoms with van der Waals surface area (Å²) >= 11 is 1.37. The molecule has 3 N–H and O–H groups in total. The monoisotopic (exact) mass is 157 g/mol. The van der Waals surface area contributed by atoms with Crippen LogP contribution in [0.3, 0.4) is 0 Å². The SMILES string of the molecule is Nc1snc2[n+]1CCNC2. The van der Waals surface area contributed by atoms with Gasteiger partial charge < -0.3 is 11.1 Å². The van der Waals surface area contributed by atoms with Crippen molar-refractivity contribution in [3.05, 3.63) is 5.82 Å². The molecule has 5 heteroatoms. The summed E-state index contributed by atoms with van der Waals surface area (Å²) in [5, 5.41) is 4.04. The zero-order valence-electron chi connectivity index (χ0n) is 5.50. The molecule has 0 saturated heterocycles. The highest BCUT2D eigenvalue weighted by atomic mass is 32.1. The van der Waals surface area contributed by atoms with E-state index in [1.54, 1.807) is 0 Å². The summed E-state index contributed by atoms with van der Waals surface area (Å²) in [4.78, 5) is 0. The Bertz CT molecular complexity index is 244. The van der Waals surface area contributed by atoms with Gasteiger partial charge in [-0.1, -0.05) is 0 Å². The van der Waals surface area contributed by atoms with Crippen LogP contribution < -0.4 is 15.6 Å². The van der Waals surface area contributed by atoms with Crippen LogP contribution >= 0.6 is 11.5 Å². The number of anilines is 1. The predicted molar refractivity (Wildman–Crippen MR) is 38.4 cm³/mol. The molecule has 0 atom stereocenters. The number of rotatable bonds is 0. The van der Waals surface area contributed by atoms with Gasteiger partial charge in [-0.3, -0.25) is 0 Å². The molecule has 10 heavy (non-hydrogen) atoms. The summed E-state index contributed by atoms with van der Waals surface area (Å²) in [7, 11) is 0. The molecule has 0 radical (unpaired) electrons. The lowest BCUT2D eigenvalue weighted by Gasteiger charge is -2.08. The van der Waals surface area contributed by atoms with Crippen LogP contribution in [0.15, 0.2) is 0 Å². The van der Waals surface area contributed by atoms with Crippen LogP contribution in [-0.2, 0) is 13.1 Å². The quantitative estimate of drug-likeness (QED) is 0.481. The van der Waals surface area contributed by atoms with Crippen LogP contribution in [-0.4, -0.2) is 10.9 Å². The Balaban J connectivity index is 2.45. The normalized spacial score (nSPS) is 16.8. The number of nitrogens with two attached hydrogens (primary N) is 1. The van der Waals surface area contributed by atoms with Crippen LogP contribution in [0.2, 0.25) is 0 Å². The summed E-state index contributed by atoms with van der Waals surface area (Å²) in [6.45, 7) is 2.81. The van der Waals surface area contributed by atoms with Gasteiger partial charge in [0.1, 0.15) is 11.5 Å². The molecule has 0 aliphatic carbocycles. The average molecular weight is 157 g/mol. The first kappa shape index (κ1) is 6.06. The smallest absolute Gasteiger partial charge is 0.307 e. The van der Waals surface area contributed by atoms with E-state index in [4.69, 9.17) is 5.73 Å². The van der Waals surface area contributed by atoms with Crippen molar-refractivity contribution in [2.45, 2.75) is 13.1 Å². The second-order valence-electron chi connectivity index (χ2n) is 2.27. The molecule has 0 fully saturated rings. The number of aromatic nitrogens is 2. The van der Waals surface area contributed by atoms with Crippen molar-refractivity contribution in [3.8, 4) is 0 Å². The second kappa shape index (κ2) is 2.17. The fourth-order valence-electron chi connectivity index (χ4n) is 1.08. The van der Waals surface area contributed by atoms with E-state index in [1.807, 2.05) is 0 Å². The van der Waals surface area contributed by atoms with E-state index in [0.29, 0.717) is 0 Å². The zero-order valence-corrected chi connectivity index (χ0v) is 6.32. The Morgan fingerprint density at radius 1 is 1.70 bits per heavy atom. The molecule has 0 aromatic carbocycles. The maximum absolute atomic E-state index is 5.65. The van der Waals surface area contributed by atoms with Crippen LogP contribution in [0, 0.1) is 0 Å². The van der Waals surface area contributed by atoms with Crippen molar-refractivity contribution < 1.29 is 4.57 Å². The third-order valence-corrected chi connectivity index (χ3v) is 2.33. The first-order valence-electron chi connectivity index (χ1n) is 3.22. The zero-order chi connectivity index (χ0) is 6.97. The van der Waals surface area contributed by atoms with Gasteiger partial charge in [0.2, 0.25) is 0 Å². The summed E-state index contributed by atoms with van der Waals surface area (Å²) in [5.41, 5.74) is 5.65. The lowest BCUT2D eigenvalue weighted by Crippen LogP contribution is -2.48. The van der Waals surface area contributed by atoms with Gasteiger partial charge >= 0.3 is 5.13 Å². The lowest BCUT2D eigenvalue weighted by molar-refractivity contribution is -0.691. The lowest BCUT2D eigenvalue weighted by atomic mass is 10.4. The summed E-state index contributed by atoms with van der Waals surface area (Å²) < 4.78 is 6.23. The van der Waals surface area contributed by atoms with Gasteiger partial charge in [-0.05, 0) is 4.37 Å². The number of nitrogens with zero attached hydrogens (tertiary/aromatic N) is 2. The molecular weight excluding hydrogens is 148 g/mol. The number of hydrogen-bond acceptors (Lipinski definition) is 4. The number of nitrogens with one attached hydrogen (secondary N) is 1. The van der Waals surface area contributed by atoms with Crippen LogP contribution in [0.5, 0.6) is 0 Å². The Labute approximate surface area is 62.8 Å². The molecule has 1 aromatic rings. The molecule has 4 nitrogen and oxygen atoms in total. The molecule has 0 amide bonds. The van der Waals surface area contributed by atoms with Gasteiger partial charge in [0.05, 0.1) is 13.1 Å². The van der Waals surface area contributed by atoms with Crippen LogP contribution in [0.4, 0.5) is 5.13 Å². The van der Waals surface area contributed by atoms with Crippen molar-refractivity contribution in [1.82, 2.24) is 9.69 Å². The maximum Gasteiger partial charge on any atom is 0.311 e. The minimum absolute atomic E-state index is 0.816. The Hall–Kier alpha value is -0.680. The molecule has 0 unspecified atom stereocenters. The minimum Gasteiger partial charge on any atom is -0.307 e. The van der Waals surface area contributed by atoms with Gasteiger partial charge in [0, 0.05) is 6.54 Å². The topological polar surface area (TPSA) is 54.8 Å². The Morgan fingerprint density at radius 3 is 3.40 bits per heavy atom. The number of hydrogen-bond donors (Lipinski definition) is 2. The van der Waals surface area contributed by atoms with Crippen molar-refractivity contribution in [2.24, 2.45) is 0 Å². The van der Waals surface area contributed by atoms with Gasteiger partial charge in [0.15, 0.2) is 0 Å². The summed E-state index contributed by atoms with van der Waals surface area (Å²) in [6.07, 6.45) is 0. The highest BCUT2D eigenvalue weighted by molar-refractivity contribution is 7.09. The van der Waals surface area contributed by atoms with Gasteiger partial charge in [-0.15, -0.1) is 0 Å². The average Bonchev–Trinajstić information content (AvgIpc) is 2.34. The molecular formula is C5H9N4S+. The number of nitrogen functional groups attached to an aromatic ring is 1. The molecule has 0 saturated carbocycles. The first-order valence-corrected chi connectivity index (χ1v) is 4.00. The fraction of sp³-hybridized carbons (Fsp3) is 0.600. The molecule has 54 valence electrons. The fourth-order valence-corrected chi connectivity index (χ4v) is 1.74. The van der Waals surface area contributed by atoms with E-state index < -0.39 is 0 Å². The molecule has 1 aromatic heterocycles. The third kappa shape index (κ3) is 0.783. The van der Waals surface area contributed by atoms with E-state index >= 15 is 0 Å². The van der Waals surface area contributed by atoms with Crippen molar-refractivity contribution in [2.75, 3.05) is 12.3 Å². The van der Waals surface area contributed by atoms with Gasteiger partial charge in [0.25, 0.3) is 5.82 Å². The van der Waals surface area contributed by atoms with Crippen molar-refractivity contribution >= 4 is 16.7 Å². The molecule has 0 spiro atoms. The molecule has 2 heterocycles. The van der Waals surface area contributed by atoms with E-state index in [2.05, 4.69) is 14.3 Å². The van der Waals surface area contributed by atoms with E-state index in [-0.39, 0.29) is 0 Å². The van der Waals surface area contributed by atoms with Crippen LogP contribution in [0.25, 0.3) is 0 Å². The highest BCUT2D eigenvalue weighted by Crippen LogP contribution is 2.04. The summed E-state index contributed by atoms with van der Waals surface area (Å²) in [5.74, 6) is 1.06. The summed E-state index contributed by atoms with van der Waals surface area (Å²) in [6, 6.07) is 0. The number of fused-ring (bicyclic) bond motifs is 1. The largest absolute Gasteiger partial charge is 0.311 e. The first-order chi connectivity index (χ1) is 4.88. The third-order valence-electron chi connectivity index (χ3n) is 1.62. The molecule has 1 aliphatic heterocycles. The highest BCUT2D eigenvalue weighted by Gasteiger charge is 2.19. The molecule has 0 bridgehead atoms. The van der Waals surface area contributed by atoms with Crippen molar-refractivity contribution in [3.63, 3.8) is 0 Å². The standard InChI is InChI=1S/C5H8N4S/c6-5-9-2-1-7-3-4(9)8-10-5/h6-7H,1-3H2/p+1. The Morgan fingerprint density at radius 2 is 2.60 bits per heavy atom. The van der Waals surface area contributed by atoms with Crippen LogP contribution in [0.1, 0.15) is 5.82 Å². The molecule has 2 rings (SSSR count). The predicted octanol–water partition coefficient (Wildman–Crippen LogP) is -0.884. The van der Waals surface area contributed by atoms with Gasteiger partial charge in [-0.25, -0.2) is 4.57 Å². The van der Waals surface area contributed by atoms with Gasteiger partial charge in [-0.2, -0.15) is 0 Å². The maximum atomic E-state index is 5.65. The minimum atomic E-state index is 0.816. The molecule has 1 aliphatic rings. The van der Waals surface area contributed by atoms with E-state index in [9.17, 15) is 0 Å². The Kier molecular flexibility index (Phi) is 1.32. The van der Waals surface area contributed by atoms with Crippen molar-refractivity contribution in [1.29, 1.82) is 0 Å². The van der Waals surface area contributed by atoms with E-state index in [1.165, 1.54) is 11.5 Å². The second-order valence-corrected chi connectivity index (χ2v) is 3.05.